The van der Waals surface area contributed by atoms with Crippen LogP contribution in [-0.2, 0) is 5.41 Å². The molecule has 16 heavy (non-hydrogen) atoms. The maximum atomic E-state index is 5.57. The predicted molar refractivity (Wildman–Crippen MR) is 70.6 cm³/mol. The van der Waals surface area contributed by atoms with E-state index in [0.29, 0.717) is 12.6 Å². The summed E-state index contributed by atoms with van der Waals surface area (Å²) in [5.74, 6) is 0. The highest BCUT2D eigenvalue weighted by Gasteiger charge is 2.19. The molecular formula is C14H24N2. The summed E-state index contributed by atoms with van der Waals surface area (Å²) in [5, 5.41) is 3.43. The Kier molecular flexibility index (Phi) is 4.97. The molecule has 0 saturated carbocycles. The van der Waals surface area contributed by atoms with Gasteiger partial charge in [-0.1, -0.05) is 44.2 Å². The summed E-state index contributed by atoms with van der Waals surface area (Å²) < 4.78 is 0. The van der Waals surface area contributed by atoms with Crippen molar-refractivity contribution in [2.45, 2.75) is 38.6 Å². The molecule has 0 fully saturated rings. The van der Waals surface area contributed by atoms with Gasteiger partial charge in [0, 0.05) is 12.6 Å². The average Bonchev–Trinajstić information content (AvgIpc) is 2.30. The van der Waals surface area contributed by atoms with Crippen LogP contribution in [0, 0.1) is 0 Å². The normalized spacial score (nSPS) is 13.8. The van der Waals surface area contributed by atoms with Crippen molar-refractivity contribution in [1.29, 1.82) is 0 Å². The number of nitrogens with one attached hydrogen (secondary N) is 1. The second-order valence-corrected chi connectivity index (χ2v) is 5.09. The number of hydrogen-bond donors (Lipinski definition) is 2. The first-order valence-corrected chi connectivity index (χ1v) is 6.05. The van der Waals surface area contributed by atoms with Crippen molar-refractivity contribution in [2.24, 2.45) is 5.73 Å². The van der Waals surface area contributed by atoms with Crippen molar-refractivity contribution in [1.82, 2.24) is 5.32 Å². The van der Waals surface area contributed by atoms with Gasteiger partial charge in [0.1, 0.15) is 0 Å². The lowest BCUT2D eigenvalue weighted by Gasteiger charge is -2.26. The van der Waals surface area contributed by atoms with Crippen LogP contribution in [0.2, 0.25) is 0 Å². The fourth-order valence-corrected chi connectivity index (χ4v) is 1.75. The van der Waals surface area contributed by atoms with Gasteiger partial charge >= 0.3 is 0 Å². The molecule has 0 heterocycles. The van der Waals surface area contributed by atoms with Crippen LogP contribution in [-0.4, -0.2) is 19.1 Å². The standard InChI is InChI=1S/C14H24N2/c1-12(11-15)16-10-9-14(2,3)13-7-5-4-6-8-13/h4-8,12,16H,9-11,15H2,1-3H3/t12-/m0/s1. The Morgan fingerprint density at radius 1 is 1.25 bits per heavy atom. The van der Waals surface area contributed by atoms with Gasteiger partial charge in [0.05, 0.1) is 0 Å². The largest absolute Gasteiger partial charge is 0.329 e. The van der Waals surface area contributed by atoms with Gasteiger partial charge in [0.2, 0.25) is 0 Å². The van der Waals surface area contributed by atoms with E-state index < -0.39 is 0 Å². The Bertz CT molecular complexity index is 293. The first-order chi connectivity index (χ1) is 7.56. The van der Waals surface area contributed by atoms with Gasteiger partial charge in [0.15, 0.2) is 0 Å². The van der Waals surface area contributed by atoms with Gasteiger partial charge in [-0.2, -0.15) is 0 Å². The molecule has 0 aliphatic heterocycles. The minimum absolute atomic E-state index is 0.225. The maximum Gasteiger partial charge on any atom is 0.0161 e. The molecule has 0 spiro atoms. The summed E-state index contributed by atoms with van der Waals surface area (Å²) >= 11 is 0. The summed E-state index contributed by atoms with van der Waals surface area (Å²) in [6.45, 7) is 8.41. The monoisotopic (exact) mass is 220 g/mol. The predicted octanol–water partition coefficient (Wildman–Crippen LogP) is 2.29. The van der Waals surface area contributed by atoms with Crippen LogP contribution in [0.15, 0.2) is 30.3 Å². The molecule has 0 aliphatic carbocycles. The van der Waals surface area contributed by atoms with Crippen LogP contribution in [0.3, 0.4) is 0 Å². The van der Waals surface area contributed by atoms with Crippen molar-refractivity contribution in [3.05, 3.63) is 35.9 Å². The van der Waals surface area contributed by atoms with E-state index in [0.717, 1.165) is 13.0 Å². The molecule has 90 valence electrons. The molecule has 2 nitrogen and oxygen atoms in total. The highest BCUT2D eigenvalue weighted by Crippen LogP contribution is 2.25. The molecule has 0 radical (unpaired) electrons. The molecule has 0 amide bonds. The van der Waals surface area contributed by atoms with E-state index in [9.17, 15) is 0 Å². The van der Waals surface area contributed by atoms with Gasteiger partial charge in [-0.15, -0.1) is 0 Å². The van der Waals surface area contributed by atoms with Crippen molar-refractivity contribution < 1.29 is 0 Å². The van der Waals surface area contributed by atoms with Crippen LogP contribution >= 0.6 is 0 Å². The van der Waals surface area contributed by atoms with Crippen LogP contribution in [0.25, 0.3) is 0 Å². The van der Waals surface area contributed by atoms with E-state index in [1.54, 1.807) is 0 Å². The van der Waals surface area contributed by atoms with Crippen molar-refractivity contribution in [3.63, 3.8) is 0 Å². The van der Waals surface area contributed by atoms with Crippen molar-refractivity contribution >= 4 is 0 Å². The van der Waals surface area contributed by atoms with E-state index in [2.05, 4.69) is 56.4 Å². The molecule has 1 aromatic rings. The summed E-state index contributed by atoms with van der Waals surface area (Å²) in [6, 6.07) is 11.1. The third-order valence-corrected chi connectivity index (χ3v) is 3.15. The lowest BCUT2D eigenvalue weighted by atomic mass is 9.81. The third-order valence-electron chi connectivity index (χ3n) is 3.15. The molecule has 1 aromatic carbocycles. The zero-order valence-corrected chi connectivity index (χ0v) is 10.7. The highest BCUT2D eigenvalue weighted by atomic mass is 14.9. The third kappa shape index (κ3) is 3.95. The minimum atomic E-state index is 0.225. The van der Waals surface area contributed by atoms with Crippen molar-refractivity contribution in [3.8, 4) is 0 Å². The van der Waals surface area contributed by atoms with Gasteiger partial charge in [-0.25, -0.2) is 0 Å². The molecule has 0 aromatic heterocycles. The first kappa shape index (κ1) is 13.2. The molecule has 0 saturated heterocycles. The van der Waals surface area contributed by atoms with Crippen LogP contribution < -0.4 is 11.1 Å². The zero-order chi connectivity index (χ0) is 12.0. The summed E-state index contributed by atoms with van der Waals surface area (Å²) in [5.41, 5.74) is 7.20. The second-order valence-electron chi connectivity index (χ2n) is 5.09. The van der Waals surface area contributed by atoms with Crippen LogP contribution in [0.1, 0.15) is 32.8 Å². The summed E-state index contributed by atoms with van der Waals surface area (Å²) in [4.78, 5) is 0. The maximum absolute atomic E-state index is 5.57. The molecule has 3 N–H and O–H groups in total. The molecule has 1 atom stereocenters. The summed E-state index contributed by atoms with van der Waals surface area (Å²) in [6.07, 6.45) is 1.13. The number of nitrogens with two attached hydrogens (primary N) is 1. The highest BCUT2D eigenvalue weighted by molar-refractivity contribution is 5.23. The lowest BCUT2D eigenvalue weighted by molar-refractivity contribution is 0.435. The molecule has 0 bridgehead atoms. The molecule has 2 heteroatoms. The van der Waals surface area contributed by atoms with E-state index in [1.807, 2.05) is 0 Å². The van der Waals surface area contributed by atoms with Gasteiger partial charge in [-0.3, -0.25) is 0 Å². The van der Waals surface area contributed by atoms with E-state index in [-0.39, 0.29) is 5.41 Å². The van der Waals surface area contributed by atoms with Gasteiger partial charge in [-0.05, 0) is 30.9 Å². The Morgan fingerprint density at radius 3 is 2.44 bits per heavy atom. The smallest absolute Gasteiger partial charge is 0.0161 e. The fraction of sp³-hybridized carbons (Fsp3) is 0.571. The average molecular weight is 220 g/mol. The SMILES string of the molecule is C[C@@H](CN)NCCC(C)(C)c1ccccc1. The molecular weight excluding hydrogens is 196 g/mol. The number of hydrogen-bond acceptors (Lipinski definition) is 2. The molecule has 1 rings (SSSR count). The first-order valence-electron chi connectivity index (χ1n) is 6.05. The van der Waals surface area contributed by atoms with E-state index >= 15 is 0 Å². The van der Waals surface area contributed by atoms with Crippen LogP contribution in [0.4, 0.5) is 0 Å². The van der Waals surface area contributed by atoms with Gasteiger partial charge < -0.3 is 11.1 Å². The number of rotatable bonds is 6. The Morgan fingerprint density at radius 2 is 1.88 bits per heavy atom. The number of benzene rings is 1. The van der Waals surface area contributed by atoms with Crippen molar-refractivity contribution in [2.75, 3.05) is 13.1 Å². The van der Waals surface area contributed by atoms with E-state index in [4.69, 9.17) is 5.73 Å². The Hall–Kier alpha value is -0.860. The second kappa shape index (κ2) is 6.02. The Labute approximate surface area is 99.2 Å². The van der Waals surface area contributed by atoms with E-state index in [1.165, 1.54) is 5.56 Å². The topological polar surface area (TPSA) is 38.0 Å². The quantitative estimate of drug-likeness (QED) is 0.772. The lowest BCUT2D eigenvalue weighted by Crippen LogP contribution is -2.36. The Balaban J connectivity index is 2.46. The molecule has 0 aliphatic rings. The zero-order valence-electron chi connectivity index (χ0n) is 10.7. The van der Waals surface area contributed by atoms with Crippen LogP contribution in [0.5, 0.6) is 0 Å². The summed E-state index contributed by atoms with van der Waals surface area (Å²) in [7, 11) is 0. The minimum Gasteiger partial charge on any atom is -0.329 e. The fourth-order valence-electron chi connectivity index (χ4n) is 1.75. The van der Waals surface area contributed by atoms with Gasteiger partial charge in [0.25, 0.3) is 0 Å². The molecule has 0 unspecified atom stereocenters.